The Morgan fingerprint density at radius 2 is 1.65 bits per heavy atom. The van der Waals surface area contributed by atoms with Crippen LogP contribution in [0.25, 0.3) is 10.9 Å². The number of aromatic nitrogens is 1. The minimum Gasteiger partial charge on any atom is -0.361 e. The van der Waals surface area contributed by atoms with E-state index in [0.29, 0.717) is 5.41 Å². The molecule has 1 heterocycles. The molecule has 1 aromatic carbocycles. The van der Waals surface area contributed by atoms with Crippen molar-refractivity contribution in [3.63, 3.8) is 0 Å². The SMILES string of the molecule is Brc1ccc2[nH]cc(C34CC5CC(CC(C5)C3)C4)c2c1. The average Bonchev–Trinajstić information content (AvgIpc) is 2.80. The van der Waals surface area contributed by atoms with Crippen molar-refractivity contribution in [2.45, 2.75) is 43.9 Å². The molecule has 0 spiro atoms. The van der Waals surface area contributed by atoms with Crippen molar-refractivity contribution in [1.29, 1.82) is 0 Å². The zero-order valence-corrected chi connectivity index (χ0v) is 13.2. The molecular weight excluding hydrogens is 310 g/mol. The molecule has 1 N–H and O–H groups in total. The smallest absolute Gasteiger partial charge is 0.0457 e. The third kappa shape index (κ3) is 1.55. The van der Waals surface area contributed by atoms with Gasteiger partial charge in [-0.1, -0.05) is 15.9 Å². The molecule has 1 nitrogen and oxygen atoms in total. The maximum absolute atomic E-state index is 3.65. The van der Waals surface area contributed by atoms with Crippen LogP contribution in [0.2, 0.25) is 0 Å². The van der Waals surface area contributed by atoms with Crippen LogP contribution in [-0.4, -0.2) is 4.98 Å². The molecule has 0 amide bonds. The number of nitrogens with one attached hydrogen (secondary N) is 1. The standard InChI is InChI=1S/C18H20BrN/c19-14-1-2-17-15(6-14)16(10-20-17)18-7-11-3-12(8-18)5-13(4-11)9-18/h1-2,6,10-13,20H,3-5,7-9H2. The van der Waals surface area contributed by atoms with E-state index >= 15 is 0 Å². The molecule has 4 saturated carbocycles. The highest BCUT2D eigenvalue weighted by Crippen LogP contribution is 2.61. The van der Waals surface area contributed by atoms with Gasteiger partial charge < -0.3 is 4.98 Å². The molecule has 104 valence electrons. The van der Waals surface area contributed by atoms with Crippen LogP contribution in [0.3, 0.4) is 0 Å². The number of H-pyrrole nitrogens is 1. The lowest BCUT2D eigenvalue weighted by Crippen LogP contribution is -2.48. The first-order valence-corrected chi connectivity index (χ1v) is 8.78. The Kier molecular flexibility index (Phi) is 2.32. The Labute approximate surface area is 128 Å². The second kappa shape index (κ2) is 3.91. The maximum atomic E-state index is 3.65. The highest BCUT2D eigenvalue weighted by molar-refractivity contribution is 9.10. The molecule has 2 heteroatoms. The molecule has 6 rings (SSSR count). The largest absolute Gasteiger partial charge is 0.361 e. The van der Waals surface area contributed by atoms with Crippen LogP contribution in [-0.2, 0) is 5.41 Å². The molecule has 0 atom stereocenters. The lowest BCUT2D eigenvalue weighted by Gasteiger charge is -2.57. The molecule has 0 radical (unpaired) electrons. The Morgan fingerprint density at radius 1 is 1.00 bits per heavy atom. The lowest BCUT2D eigenvalue weighted by atomic mass is 9.48. The Balaban J connectivity index is 1.69. The van der Waals surface area contributed by atoms with Crippen LogP contribution < -0.4 is 0 Å². The molecule has 4 bridgehead atoms. The second-order valence-corrected chi connectivity index (χ2v) is 8.51. The van der Waals surface area contributed by atoms with Gasteiger partial charge in [0, 0.05) is 21.6 Å². The Morgan fingerprint density at radius 3 is 2.30 bits per heavy atom. The number of benzene rings is 1. The van der Waals surface area contributed by atoms with Gasteiger partial charge in [0.25, 0.3) is 0 Å². The molecule has 0 aliphatic heterocycles. The van der Waals surface area contributed by atoms with Crippen LogP contribution in [0.4, 0.5) is 0 Å². The van der Waals surface area contributed by atoms with Crippen LogP contribution in [0.15, 0.2) is 28.9 Å². The molecule has 20 heavy (non-hydrogen) atoms. The number of fused-ring (bicyclic) bond motifs is 1. The number of aromatic amines is 1. The van der Waals surface area contributed by atoms with Crippen LogP contribution >= 0.6 is 15.9 Å². The van der Waals surface area contributed by atoms with Gasteiger partial charge in [0.05, 0.1) is 0 Å². The molecule has 1 aromatic heterocycles. The quantitative estimate of drug-likeness (QED) is 0.721. The van der Waals surface area contributed by atoms with E-state index in [9.17, 15) is 0 Å². The molecule has 4 aliphatic carbocycles. The Bertz CT molecular complexity index is 648. The van der Waals surface area contributed by atoms with Gasteiger partial charge in [0.1, 0.15) is 0 Å². The van der Waals surface area contributed by atoms with Crippen molar-refractivity contribution in [2.24, 2.45) is 17.8 Å². The number of hydrogen-bond acceptors (Lipinski definition) is 0. The summed E-state index contributed by atoms with van der Waals surface area (Å²) in [6, 6.07) is 6.67. The summed E-state index contributed by atoms with van der Waals surface area (Å²) in [6.07, 6.45) is 11.2. The average molecular weight is 330 g/mol. The van der Waals surface area contributed by atoms with Crippen LogP contribution in [0.1, 0.15) is 44.1 Å². The van der Waals surface area contributed by atoms with E-state index in [1.807, 2.05) is 0 Å². The summed E-state index contributed by atoms with van der Waals surface area (Å²) in [7, 11) is 0. The van der Waals surface area contributed by atoms with Gasteiger partial charge in [-0.25, -0.2) is 0 Å². The predicted octanol–water partition coefficient (Wildman–Crippen LogP) is 5.40. The third-order valence-electron chi connectivity index (χ3n) is 6.25. The summed E-state index contributed by atoms with van der Waals surface area (Å²) >= 11 is 3.65. The summed E-state index contributed by atoms with van der Waals surface area (Å²) in [5.74, 6) is 3.04. The summed E-state index contributed by atoms with van der Waals surface area (Å²) in [6.45, 7) is 0. The van der Waals surface area contributed by atoms with Crippen LogP contribution in [0.5, 0.6) is 0 Å². The minimum absolute atomic E-state index is 0.494. The lowest BCUT2D eigenvalue weighted by molar-refractivity contribution is -0.00449. The molecule has 2 aromatic rings. The third-order valence-corrected chi connectivity index (χ3v) is 6.75. The van der Waals surface area contributed by atoms with E-state index in [-0.39, 0.29) is 0 Å². The zero-order chi connectivity index (χ0) is 13.3. The topological polar surface area (TPSA) is 15.8 Å². The molecule has 4 aliphatic rings. The molecule has 0 saturated heterocycles. The summed E-state index contributed by atoms with van der Waals surface area (Å²) in [4.78, 5) is 3.52. The number of rotatable bonds is 1. The van der Waals surface area contributed by atoms with Gasteiger partial charge in [-0.15, -0.1) is 0 Å². The van der Waals surface area contributed by atoms with Crippen molar-refractivity contribution in [3.05, 3.63) is 34.4 Å². The van der Waals surface area contributed by atoms with Crippen molar-refractivity contribution in [2.75, 3.05) is 0 Å². The summed E-state index contributed by atoms with van der Waals surface area (Å²) in [5, 5.41) is 1.46. The van der Waals surface area contributed by atoms with Gasteiger partial charge >= 0.3 is 0 Å². The first kappa shape index (κ1) is 11.9. The van der Waals surface area contributed by atoms with E-state index in [0.717, 1.165) is 17.8 Å². The predicted molar refractivity (Wildman–Crippen MR) is 85.8 cm³/mol. The summed E-state index contributed by atoms with van der Waals surface area (Å²) in [5.41, 5.74) is 3.42. The first-order chi connectivity index (χ1) is 9.72. The zero-order valence-electron chi connectivity index (χ0n) is 11.7. The fraction of sp³-hybridized carbons (Fsp3) is 0.556. The number of hydrogen-bond donors (Lipinski definition) is 1. The number of halogens is 1. The second-order valence-electron chi connectivity index (χ2n) is 7.59. The van der Waals surface area contributed by atoms with Gasteiger partial charge in [-0.2, -0.15) is 0 Å². The van der Waals surface area contributed by atoms with E-state index in [1.165, 1.54) is 53.9 Å². The van der Waals surface area contributed by atoms with E-state index in [2.05, 4.69) is 45.3 Å². The van der Waals surface area contributed by atoms with Crippen molar-refractivity contribution < 1.29 is 0 Å². The maximum Gasteiger partial charge on any atom is 0.0457 e. The van der Waals surface area contributed by atoms with Gasteiger partial charge in [-0.05, 0) is 85.5 Å². The van der Waals surface area contributed by atoms with Crippen molar-refractivity contribution >= 4 is 26.8 Å². The fourth-order valence-corrected chi connectivity index (χ4v) is 6.33. The van der Waals surface area contributed by atoms with Crippen molar-refractivity contribution in [1.82, 2.24) is 4.98 Å². The molecular formula is C18H20BrN. The first-order valence-electron chi connectivity index (χ1n) is 7.99. The van der Waals surface area contributed by atoms with Gasteiger partial charge in [-0.3, -0.25) is 0 Å². The van der Waals surface area contributed by atoms with E-state index < -0.39 is 0 Å². The van der Waals surface area contributed by atoms with Gasteiger partial charge in [0.15, 0.2) is 0 Å². The highest BCUT2D eigenvalue weighted by atomic mass is 79.9. The minimum atomic E-state index is 0.494. The highest BCUT2D eigenvalue weighted by Gasteiger charge is 2.52. The summed E-state index contributed by atoms with van der Waals surface area (Å²) < 4.78 is 1.20. The van der Waals surface area contributed by atoms with Crippen molar-refractivity contribution in [3.8, 4) is 0 Å². The fourth-order valence-electron chi connectivity index (χ4n) is 5.97. The normalized spacial score (nSPS) is 38.8. The Hall–Kier alpha value is -0.760. The van der Waals surface area contributed by atoms with Crippen LogP contribution in [0, 0.1) is 17.8 Å². The molecule has 0 unspecified atom stereocenters. The monoisotopic (exact) mass is 329 g/mol. The van der Waals surface area contributed by atoms with E-state index in [1.54, 1.807) is 5.56 Å². The van der Waals surface area contributed by atoms with E-state index in [4.69, 9.17) is 0 Å². The molecule has 4 fully saturated rings. The van der Waals surface area contributed by atoms with Gasteiger partial charge in [0.2, 0.25) is 0 Å².